The minimum atomic E-state index is -1.11. The van der Waals surface area contributed by atoms with Crippen LogP contribution in [0.2, 0.25) is 0 Å². The molecule has 0 bridgehead atoms. The van der Waals surface area contributed by atoms with Crippen LogP contribution >= 0.6 is 0 Å². The number of rotatable bonds is 4. The van der Waals surface area contributed by atoms with Crippen molar-refractivity contribution in [3.05, 3.63) is 35.6 Å². The van der Waals surface area contributed by atoms with E-state index in [-0.39, 0.29) is 5.76 Å². The second-order valence-corrected chi connectivity index (χ2v) is 4.38. The van der Waals surface area contributed by atoms with Gasteiger partial charge in [0.25, 0.3) is 5.91 Å². The standard InChI is InChI=1S/C14H15NO5/c1-8-3-4-11-9(5-8)6-12(20-11)13(17)15-10(7-16)14(18)19-2/h3-6,10,16H,7H2,1-2H3,(H,15,17). The van der Waals surface area contributed by atoms with Gasteiger partial charge in [-0.2, -0.15) is 0 Å². The summed E-state index contributed by atoms with van der Waals surface area (Å²) < 4.78 is 9.87. The molecule has 0 aliphatic rings. The largest absolute Gasteiger partial charge is 0.467 e. The van der Waals surface area contributed by atoms with Gasteiger partial charge >= 0.3 is 5.97 Å². The number of nitrogens with one attached hydrogen (secondary N) is 1. The summed E-state index contributed by atoms with van der Waals surface area (Å²) in [6, 6.07) is 6.01. The Labute approximate surface area is 115 Å². The van der Waals surface area contributed by atoms with Gasteiger partial charge in [0.2, 0.25) is 0 Å². The Morgan fingerprint density at radius 1 is 1.40 bits per heavy atom. The third kappa shape index (κ3) is 2.80. The van der Waals surface area contributed by atoms with Crippen LogP contribution in [0.4, 0.5) is 0 Å². The molecule has 0 radical (unpaired) electrons. The van der Waals surface area contributed by atoms with Crippen molar-refractivity contribution in [3.63, 3.8) is 0 Å². The van der Waals surface area contributed by atoms with Gasteiger partial charge in [0.05, 0.1) is 13.7 Å². The lowest BCUT2D eigenvalue weighted by Gasteiger charge is -2.12. The molecule has 6 heteroatoms. The summed E-state index contributed by atoms with van der Waals surface area (Å²) in [5.74, 6) is -1.22. The molecular formula is C14H15NO5. The SMILES string of the molecule is COC(=O)C(CO)NC(=O)c1cc2cc(C)ccc2o1. The number of esters is 1. The molecule has 6 nitrogen and oxygen atoms in total. The molecule has 20 heavy (non-hydrogen) atoms. The summed E-state index contributed by atoms with van der Waals surface area (Å²) in [6.45, 7) is 1.39. The van der Waals surface area contributed by atoms with Crippen LogP contribution in [0.1, 0.15) is 16.1 Å². The maximum Gasteiger partial charge on any atom is 0.330 e. The number of fused-ring (bicyclic) bond motifs is 1. The van der Waals surface area contributed by atoms with E-state index >= 15 is 0 Å². The first-order valence-electron chi connectivity index (χ1n) is 6.05. The molecule has 0 aliphatic carbocycles. The molecule has 1 amide bonds. The molecule has 0 spiro atoms. The minimum Gasteiger partial charge on any atom is -0.467 e. The molecule has 0 fully saturated rings. The number of methoxy groups -OCH3 is 1. The zero-order valence-electron chi connectivity index (χ0n) is 11.2. The number of carbonyl (C=O) groups excluding carboxylic acids is 2. The number of ether oxygens (including phenoxy) is 1. The summed E-state index contributed by atoms with van der Waals surface area (Å²) >= 11 is 0. The van der Waals surface area contributed by atoms with E-state index in [2.05, 4.69) is 10.1 Å². The number of aliphatic hydroxyl groups is 1. The maximum atomic E-state index is 12.0. The molecule has 1 heterocycles. The summed E-state index contributed by atoms with van der Waals surface area (Å²) in [7, 11) is 1.18. The lowest BCUT2D eigenvalue weighted by atomic mass is 10.2. The average Bonchev–Trinajstić information content (AvgIpc) is 2.86. The lowest BCUT2D eigenvalue weighted by molar-refractivity contribution is -0.143. The Bertz CT molecular complexity index is 646. The highest BCUT2D eigenvalue weighted by molar-refractivity contribution is 5.98. The van der Waals surface area contributed by atoms with Gasteiger partial charge in [-0.25, -0.2) is 4.79 Å². The Kier molecular flexibility index (Phi) is 4.05. The molecule has 106 valence electrons. The van der Waals surface area contributed by atoms with E-state index in [9.17, 15) is 9.59 Å². The van der Waals surface area contributed by atoms with Gasteiger partial charge < -0.3 is 19.6 Å². The molecule has 0 saturated carbocycles. The van der Waals surface area contributed by atoms with Crippen LogP contribution in [0.5, 0.6) is 0 Å². The first kappa shape index (κ1) is 14.1. The molecule has 0 aliphatic heterocycles. The van der Waals surface area contributed by atoms with Crippen molar-refractivity contribution < 1.29 is 23.8 Å². The first-order valence-corrected chi connectivity index (χ1v) is 6.05. The molecule has 1 aromatic heterocycles. The first-order chi connectivity index (χ1) is 9.55. The molecule has 2 N–H and O–H groups in total. The molecule has 1 atom stereocenters. The Morgan fingerprint density at radius 2 is 2.15 bits per heavy atom. The predicted octanol–water partition coefficient (Wildman–Crippen LogP) is 1.00. The highest BCUT2D eigenvalue weighted by Crippen LogP contribution is 2.20. The molecular weight excluding hydrogens is 262 g/mol. The number of benzene rings is 1. The quantitative estimate of drug-likeness (QED) is 0.814. The fourth-order valence-electron chi connectivity index (χ4n) is 1.83. The Hall–Kier alpha value is -2.34. The number of carbonyl (C=O) groups is 2. The van der Waals surface area contributed by atoms with Crippen molar-refractivity contribution in [3.8, 4) is 0 Å². The summed E-state index contributed by atoms with van der Waals surface area (Å²) in [6.07, 6.45) is 0. The molecule has 0 saturated heterocycles. The van der Waals surface area contributed by atoms with E-state index in [1.807, 2.05) is 19.1 Å². The van der Waals surface area contributed by atoms with Crippen LogP contribution in [-0.2, 0) is 9.53 Å². The van der Waals surface area contributed by atoms with Crippen LogP contribution in [-0.4, -0.2) is 36.7 Å². The van der Waals surface area contributed by atoms with Crippen molar-refractivity contribution in [2.75, 3.05) is 13.7 Å². The van der Waals surface area contributed by atoms with Crippen LogP contribution < -0.4 is 5.32 Å². The maximum absolute atomic E-state index is 12.0. The molecule has 1 unspecified atom stereocenters. The summed E-state index contributed by atoms with van der Waals surface area (Å²) in [5.41, 5.74) is 1.63. The second kappa shape index (κ2) is 5.75. The zero-order chi connectivity index (χ0) is 14.7. The fourth-order valence-corrected chi connectivity index (χ4v) is 1.83. The van der Waals surface area contributed by atoms with Gasteiger partial charge in [0.15, 0.2) is 11.8 Å². The molecule has 2 aromatic rings. The normalized spacial score (nSPS) is 12.2. The van der Waals surface area contributed by atoms with Gasteiger partial charge in [0, 0.05) is 5.39 Å². The zero-order valence-corrected chi connectivity index (χ0v) is 11.2. The average molecular weight is 277 g/mol. The predicted molar refractivity (Wildman–Crippen MR) is 71.3 cm³/mol. The van der Waals surface area contributed by atoms with Gasteiger partial charge in [-0.15, -0.1) is 0 Å². The third-order valence-corrected chi connectivity index (χ3v) is 2.87. The highest BCUT2D eigenvalue weighted by atomic mass is 16.5. The van der Waals surface area contributed by atoms with E-state index in [0.717, 1.165) is 10.9 Å². The summed E-state index contributed by atoms with van der Waals surface area (Å²) in [5, 5.41) is 12.2. The van der Waals surface area contributed by atoms with Crippen LogP contribution in [0, 0.1) is 6.92 Å². The van der Waals surface area contributed by atoms with E-state index in [1.165, 1.54) is 7.11 Å². The van der Waals surface area contributed by atoms with Crippen molar-refractivity contribution >= 4 is 22.8 Å². The number of aryl methyl sites for hydroxylation is 1. The highest BCUT2D eigenvalue weighted by Gasteiger charge is 2.23. The van der Waals surface area contributed by atoms with Gasteiger partial charge in [-0.05, 0) is 25.1 Å². The number of amides is 1. The van der Waals surface area contributed by atoms with Gasteiger partial charge in [-0.3, -0.25) is 4.79 Å². The van der Waals surface area contributed by atoms with Crippen molar-refractivity contribution in [1.29, 1.82) is 0 Å². The Balaban J connectivity index is 2.20. The van der Waals surface area contributed by atoms with Crippen molar-refractivity contribution in [2.45, 2.75) is 13.0 Å². The van der Waals surface area contributed by atoms with E-state index < -0.39 is 24.5 Å². The smallest absolute Gasteiger partial charge is 0.330 e. The van der Waals surface area contributed by atoms with Crippen LogP contribution in [0.15, 0.2) is 28.7 Å². The van der Waals surface area contributed by atoms with E-state index in [1.54, 1.807) is 12.1 Å². The minimum absolute atomic E-state index is 0.0768. The third-order valence-electron chi connectivity index (χ3n) is 2.87. The number of aliphatic hydroxyl groups excluding tert-OH is 1. The molecule has 1 aromatic carbocycles. The fraction of sp³-hybridized carbons (Fsp3) is 0.286. The molecule has 2 rings (SSSR count). The van der Waals surface area contributed by atoms with E-state index in [4.69, 9.17) is 9.52 Å². The van der Waals surface area contributed by atoms with Crippen LogP contribution in [0.25, 0.3) is 11.0 Å². The number of hydrogen-bond acceptors (Lipinski definition) is 5. The van der Waals surface area contributed by atoms with Crippen molar-refractivity contribution in [2.24, 2.45) is 0 Å². The van der Waals surface area contributed by atoms with E-state index in [0.29, 0.717) is 5.58 Å². The second-order valence-electron chi connectivity index (χ2n) is 4.38. The van der Waals surface area contributed by atoms with Gasteiger partial charge in [0.1, 0.15) is 5.58 Å². The monoisotopic (exact) mass is 277 g/mol. The lowest BCUT2D eigenvalue weighted by Crippen LogP contribution is -2.43. The topological polar surface area (TPSA) is 88.8 Å². The summed E-state index contributed by atoms with van der Waals surface area (Å²) in [4.78, 5) is 23.3. The van der Waals surface area contributed by atoms with Crippen LogP contribution in [0.3, 0.4) is 0 Å². The number of hydrogen-bond donors (Lipinski definition) is 2. The van der Waals surface area contributed by atoms with Crippen molar-refractivity contribution in [1.82, 2.24) is 5.32 Å². The number of furan rings is 1. The van der Waals surface area contributed by atoms with Gasteiger partial charge in [-0.1, -0.05) is 11.6 Å². The Morgan fingerprint density at radius 3 is 2.80 bits per heavy atom.